The molecule has 0 rings (SSSR count). The van der Waals surface area contributed by atoms with Crippen LogP contribution in [0.5, 0.6) is 0 Å². The smallest absolute Gasteiger partial charge is 0.462 e. The molecule has 19 heteroatoms. The van der Waals surface area contributed by atoms with E-state index in [2.05, 4.69) is 65.8 Å². The lowest BCUT2D eigenvalue weighted by Gasteiger charge is -2.21. The highest BCUT2D eigenvalue weighted by molar-refractivity contribution is 7.47. The summed E-state index contributed by atoms with van der Waals surface area (Å²) >= 11 is 0. The summed E-state index contributed by atoms with van der Waals surface area (Å²) in [5.41, 5.74) is 0. The molecule has 0 saturated heterocycles. The molecule has 0 aromatic rings. The van der Waals surface area contributed by atoms with E-state index in [1.54, 1.807) is 0 Å². The number of carbonyl (C=O) groups excluding carboxylic acids is 4. The highest BCUT2D eigenvalue weighted by atomic mass is 31.2. The minimum absolute atomic E-state index is 0.0846. The number of phosphoric acid groups is 2. The lowest BCUT2D eigenvalue weighted by molar-refractivity contribution is -0.161. The van der Waals surface area contributed by atoms with Crippen LogP contribution in [0.3, 0.4) is 0 Å². The van der Waals surface area contributed by atoms with Crippen LogP contribution >= 0.6 is 15.6 Å². The van der Waals surface area contributed by atoms with E-state index in [4.69, 9.17) is 37.0 Å². The monoisotopic (exact) mass is 1290 g/mol. The first-order valence-electron chi connectivity index (χ1n) is 35.4. The number of aliphatic hydroxyl groups excluding tert-OH is 1. The molecule has 0 heterocycles. The van der Waals surface area contributed by atoms with E-state index >= 15 is 0 Å². The Balaban J connectivity index is 5.22. The van der Waals surface area contributed by atoms with Crippen molar-refractivity contribution in [1.29, 1.82) is 0 Å². The molecule has 0 amide bonds. The van der Waals surface area contributed by atoms with Crippen molar-refractivity contribution in [2.75, 3.05) is 39.6 Å². The van der Waals surface area contributed by atoms with Crippen molar-refractivity contribution >= 4 is 39.5 Å². The third-order valence-corrected chi connectivity index (χ3v) is 18.0. The standard InChI is InChI=1S/C69H130O17P2/c1-7-11-13-15-16-17-18-19-20-21-22-30-35-41-47-53-69(74)86-65(58-80-67(72)52-46-40-34-29-25-23-27-32-38-43-49-61(5)9-3)60-84-88(77,78)82-56-63(70)55-81-87(75,76)83-59-64(57-79-66(71)51-45-37-14-12-8-2)85-68(73)54-48-42-36-31-26-24-28-33-39-44-50-62(6)10-4/h17-20,61-65,70H,7-16,21-60H2,1-6H3,(H,75,76)(H,77,78)/b18-17-,20-19-/t61?,62?,63-,64+,65+/m0/s1. The van der Waals surface area contributed by atoms with E-state index in [-0.39, 0.29) is 25.7 Å². The van der Waals surface area contributed by atoms with E-state index in [9.17, 15) is 43.2 Å². The fourth-order valence-electron chi connectivity index (χ4n) is 9.81. The summed E-state index contributed by atoms with van der Waals surface area (Å²) in [4.78, 5) is 72.2. The van der Waals surface area contributed by atoms with Gasteiger partial charge in [0, 0.05) is 25.7 Å². The molecule has 17 nitrogen and oxygen atoms in total. The molecule has 0 aromatic heterocycles. The molecule has 0 radical (unpaired) electrons. The summed E-state index contributed by atoms with van der Waals surface area (Å²) in [6, 6.07) is 0. The molecule has 0 fully saturated rings. The van der Waals surface area contributed by atoms with Gasteiger partial charge in [-0.05, 0) is 63.2 Å². The molecule has 0 bridgehead atoms. The minimum Gasteiger partial charge on any atom is -0.462 e. The van der Waals surface area contributed by atoms with Gasteiger partial charge < -0.3 is 33.8 Å². The Morgan fingerprint density at radius 1 is 0.364 bits per heavy atom. The molecule has 88 heavy (non-hydrogen) atoms. The van der Waals surface area contributed by atoms with Crippen LogP contribution in [0, 0.1) is 11.8 Å². The van der Waals surface area contributed by atoms with Crippen molar-refractivity contribution in [1.82, 2.24) is 0 Å². The molecule has 7 atom stereocenters. The van der Waals surface area contributed by atoms with Gasteiger partial charge in [-0.1, -0.05) is 271 Å². The number of hydrogen-bond donors (Lipinski definition) is 3. The number of ether oxygens (including phenoxy) is 4. The van der Waals surface area contributed by atoms with Gasteiger partial charge in [0.25, 0.3) is 0 Å². The maximum atomic E-state index is 13.0. The van der Waals surface area contributed by atoms with Gasteiger partial charge in [0.2, 0.25) is 0 Å². The number of rotatable bonds is 66. The fourth-order valence-corrected chi connectivity index (χ4v) is 11.4. The van der Waals surface area contributed by atoms with Crippen molar-refractivity contribution in [2.24, 2.45) is 11.8 Å². The molecular weight excluding hydrogens is 1160 g/mol. The first-order chi connectivity index (χ1) is 42.4. The number of unbranched alkanes of at least 4 members (excludes halogenated alkanes) is 31. The Hall–Kier alpha value is -2.46. The molecule has 3 N–H and O–H groups in total. The van der Waals surface area contributed by atoms with Crippen LogP contribution < -0.4 is 0 Å². The van der Waals surface area contributed by atoms with E-state index in [1.807, 2.05) is 0 Å². The number of phosphoric ester groups is 2. The van der Waals surface area contributed by atoms with Gasteiger partial charge in [0.1, 0.15) is 19.3 Å². The van der Waals surface area contributed by atoms with Crippen LogP contribution in [0.4, 0.5) is 0 Å². The Kier molecular flexibility index (Phi) is 59.1. The lowest BCUT2D eigenvalue weighted by atomic mass is 9.99. The Morgan fingerprint density at radius 3 is 0.966 bits per heavy atom. The predicted octanol–water partition coefficient (Wildman–Crippen LogP) is 19.2. The SMILES string of the molecule is CCCCCC/C=C\C=C/CCCCCCCC(=O)O[C@H](COC(=O)CCCCCCCCCCCCC(C)CC)COP(=O)(O)OC[C@@H](O)COP(=O)(O)OC[C@@H](COC(=O)CCCCCCC)OC(=O)CCCCCCCCCCCCC(C)CC. The number of aliphatic hydroxyl groups is 1. The molecule has 0 saturated carbocycles. The molecule has 0 aliphatic carbocycles. The van der Waals surface area contributed by atoms with Crippen molar-refractivity contribution < 1.29 is 80.2 Å². The molecular formula is C69H130O17P2. The summed E-state index contributed by atoms with van der Waals surface area (Å²) < 4.78 is 68.0. The van der Waals surface area contributed by atoms with Gasteiger partial charge in [-0.15, -0.1) is 0 Å². The van der Waals surface area contributed by atoms with E-state index in [0.717, 1.165) is 121 Å². The van der Waals surface area contributed by atoms with Gasteiger partial charge in [0.05, 0.1) is 26.4 Å². The largest absolute Gasteiger partial charge is 0.472 e. The van der Waals surface area contributed by atoms with Crippen LogP contribution in [0.25, 0.3) is 0 Å². The summed E-state index contributed by atoms with van der Waals surface area (Å²) in [5.74, 6) is -0.559. The highest BCUT2D eigenvalue weighted by Gasteiger charge is 2.30. The third-order valence-electron chi connectivity index (χ3n) is 16.1. The molecule has 0 aliphatic heterocycles. The zero-order valence-electron chi connectivity index (χ0n) is 56.5. The first-order valence-corrected chi connectivity index (χ1v) is 38.4. The molecule has 0 aliphatic rings. The maximum Gasteiger partial charge on any atom is 0.472 e. The average molecular weight is 1290 g/mol. The van der Waals surface area contributed by atoms with Crippen LogP contribution in [-0.2, 0) is 65.4 Å². The minimum atomic E-state index is -4.96. The molecule has 4 unspecified atom stereocenters. The number of carbonyl (C=O) groups is 4. The topological polar surface area (TPSA) is 237 Å². The second-order valence-electron chi connectivity index (χ2n) is 24.7. The third kappa shape index (κ3) is 59.8. The van der Waals surface area contributed by atoms with Crippen molar-refractivity contribution in [3.63, 3.8) is 0 Å². The van der Waals surface area contributed by atoms with Gasteiger partial charge in [-0.25, -0.2) is 9.13 Å². The Labute approximate surface area is 535 Å². The quantitative estimate of drug-likeness (QED) is 0.0169. The highest BCUT2D eigenvalue weighted by Crippen LogP contribution is 2.45. The average Bonchev–Trinajstić information content (AvgIpc) is 3.56. The van der Waals surface area contributed by atoms with E-state index in [1.165, 1.54) is 122 Å². The number of esters is 4. The predicted molar refractivity (Wildman–Crippen MR) is 354 cm³/mol. The van der Waals surface area contributed by atoms with Crippen molar-refractivity contribution in [3.8, 4) is 0 Å². The zero-order chi connectivity index (χ0) is 65.0. The van der Waals surface area contributed by atoms with Crippen LogP contribution in [0.1, 0.15) is 324 Å². The van der Waals surface area contributed by atoms with E-state index < -0.39 is 97.5 Å². The van der Waals surface area contributed by atoms with Crippen molar-refractivity contribution in [3.05, 3.63) is 24.3 Å². The number of hydrogen-bond acceptors (Lipinski definition) is 15. The molecule has 0 aromatic carbocycles. The zero-order valence-corrected chi connectivity index (χ0v) is 58.3. The Morgan fingerprint density at radius 2 is 0.636 bits per heavy atom. The van der Waals surface area contributed by atoms with Gasteiger partial charge >= 0.3 is 39.5 Å². The van der Waals surface area contributed by atoms with Gasteiger partial charge in [0.15, 0.2) is 12.2 Å². The summed E-state index contributed by atoms with van der Waals surface area (Å²) in [5, 5.41) is 10.5. The van der Waals surface area contributed by atoms with Crippen LogP contribution in [0.15, 0.2) is 24.3 Å². The summed E-state index contributed by atoms with van der Waals surface area (Å²) in [6.45, 7) is 9.43. The summed E-state index contributed by atoms with van der Waals surface area (Å²) in [7, 11) is -9.90. The normalized spacial score (nSPS) is 15.0. The van der Waals surface area contributed by atoms with Crippen molar-refractivity contribution in [2.45, 2.75) is 342 Å². The second-order valence-corrected chi connectivity index (χ2v) is 27.6. The first kappa shape index (κ1) is 85.5. The van der Waals surface area contributed by atoms with E-state index in [0.29, 0.717) is 25.7 Å². The lowest BCUT2D eigenvalue weighted by Crippen LogP contribution is -2.30. The van der Waals surface area contributed by atoms with Gasteiger partial charge in [-0.2, -0.15) is 0 Å². The number of allylic oxidation sites excluding steroid dienone is 4. The Bertz CT molecular complexity index is 1810. The van der Waals surface area contributed by atoms with Gasteiger partial charge in [-0.3, -0.25) is 37.3 Å². The summed E-state index contributed by atoms with van der Waals surface area (Å²) in [6.07, 6.45) is 48.2. The van der Waals surface area contributed by atoms with Crippen LogP contribution in [0.2, 0.25) is 0 Å². The second kappa shape index (κ2) is 60.8. The maximum absolute atomic E-state index is 13.0. The van der Waals surface area contributed by atoms with Crippen LogP contribution in [-0.4, -0.2) is 96.7 Å². The molecule has 518 valence electrons. The fraction of sp³-hybridized carbons (Fsp3) is 0.884. The molecule has 0 spiro atoms.